The van der Waals surface area contributed by atoms with E-state index in [4.69, 9.17) is 4.74 Å². The monoisotopic (exact) mass is 272 g/mol. The molecule has 1 saturated heterocycles. The summed E-state index contributed by atoms with van der Waals surface area (Å²) in [6.07, 6.45) is 2.97. The Kier molecular flexibility index (Phi) is 3.61. The van der Waals surface area contributed by atoms with Crippen molar-refractivity contribution in [1.29, 1.82) is 0 Å². The second kappa shape index (κ2) is 4.51. The Morgan fingerprint density at radius 1 is 1.69 bits per heavy atom. The second-order valence-electron chi connectivity index (χ2n) is 2.55. The molecule has 1 fully saturated rings. The molecular formula is C7H8N3O2Pd-. The van der Waals surface area contributed by atoms with Crippen LogP contribution in [0.15, 0.2) is 12.5 Å². The number of carbonyl (C=O) groups excluding carboxylic acids is 1. The van der Waals surface area contributed by atoms with E-state index in [0.717, 1.165) is 5.69 Å². The largest absolute Gasteiger partial charge is 0.449 e. The van der Waals surface area contributed by atoms with Crippen LogP contribution in [0.5, 0.6) is 0 Å². The van der Waals surface area contributed by atoms with Crippen molar-refractivity contribution in [3.8, 4) is 0 Å². The Hall–Kier alpha value is -0.698. The van der Waals surface area contributed by atoms with Crippen LogP contribution in [-0.4, -0.2) is 24.0 Å². The SMILES string of the molecule is O=C1COC(c2c[n-]cn2)CN1.[Pd]. The molecule has 74 valence electrons. The summed E-state index contributed by atoms with van der Waals surface area (Å²) in [6, 6.07) is 0. The zero-order chi connectivity index (χ0) is 8.39. The molecule has 1 aromatic heterocycles. The van der Waals surface area contributed by atoms with E-state index >= 15 is 0 Å². The predicted molar refractivity (Wildman–Crippen MR) is 39.3 cm³/mol. The van der Waals surface area contributed by atoms with Crippen LogP contribution in [0.1, 0.15) is 11.8 Å². The van der Waals surface area contributed by atoms with E-state index in [1.54, 1.807) is 6.20 Å². The third-order valence-electron chi connectivity index (χ3n) is 1.71. The Balaban J connectivity index is 0.000000845. The van der Waals surface area contributed by atoms with Crippen molar-refractivity contribution in [3.63, 3.8) is 0 Å². The molecule has 13 heavy (non-hydrogen) atoms. The molecule has 2 rings (SSSR count). The molecule has 0 bridgehead atoms. The fraction of sp³-hybridized carbons (Fsp3) is 0.429. The molecule has 2 heterocycles. The van der Waals surface area contributed by atoms with Gasteiger partial charge in [-0.2, -0.15) is 0 Å². The molecule has 0 aromatic carbocycles. The summed E-state index contributed by atoms with van der Waals surface area (Å²) in [5.74, 6) is -0.0780. The maximum atomic E-state index is 10.7. The molecule has 1 unspecified atom stereocenters. The fourth-order valence-electron chi connectivity index (χ4n) is 1.09. The average Bonchev–Trinajstić information content (AvgIpc) is 2.58. The molecule has 0 aliphatic carbocycles. The smallest absolute Gasteiger partial charge is 0.246 e. The molecule has 1 aliphatic heterocycles. The Morgan fingerprint density at radius 3 is 3.08 bits per heavy atom. The molecule has 0 radical (unpaired) electrons. The van der Waals surface area contributed by atoms with Crippen LogP contribution < -0.4 is 10.3 Å². The van der Waals surface area contributed by atoms with Gasteiger partial charge in [0.1, 0.15) is 6.61 Å². The number of nitrogens with zero attached hydrogens (tertiary/aromatic N) is 2. The van der Waals surface area contributed by atoms with Gasteiger partial charge in [-0.1, -0.05) is 12.5 Å². The predicted octanol–water partition coefficient (Wildman–Crippen LogP) is -0.776. The van der Waals surface area contributed by atoms with Crippen molar-refractivity contribution in [2.45, 2.75) is 6.10 Å². The van der Waals surface area contributed by atoms with E-state index in [1.807, 2.05) is 0 Å². The van der Waals surface area contributed by atoms with Crippen molar-refractivity contribution >= 4 is 5.91 Å². The maximum absolute atomic E-state index is 10.7. The van der Waals surface area contributed by atoms with E-state index < -0.39 is 0 Å². The van der Waals surface area contributed by atoms with Gasteiger partial charge in [0.15, 0.2) is 0 Å². The van der Waals surface area contributed by atoms with Crippen LogP contribution in [0.3, 0.4) is 0 Å². The van der Waals surface area contributed by atoms with Crippen molar-refractivity contribution in [2.75, 3.05) is 13.2 Å². The minimum Gasteiger partial charge on any atom is -0.449 e. The number of morpholine rings is 1. The van der Waals surface area contributed by atoms with Crippen molar-refractivity contribution < 1.29 is 30.0 Å². The summed E-state index contributed by atoms with van der Waals surface area (Å²) < 4.78 is 5.22. The summed E-state index contributed by atoms with van der Waals surface area (Å²) in [6.45, 7) is 0.592. The molecule has 1 atom stereocenters. The minimum absolute atomic E-state index is 0. The van der Waals surface area contributed by atoms with Gasteiger partial charge in [-0.05, 0) is 5.69 Å². The van der Waals surface area contributed by atoms with E-state index in [9.17, 15) is 4.79 Å². The summed E-state index contributed by atoms with van der Waals surface area (Å²) >= 11 is 0. The van der Waals surface area contributed by atoms with E-state index in [2.05, 4.69) is 15.3 Å². The Morgan fingerprint density at radius 2 is 2.54 bits per heavy atom. The average molecular weight is 273 g/mol. The number of nitrogens with one attached hydrogen (secondary N) is 1. The first kappa shape index (κ1) is 10.4. The van der Waals surface area contributed by atoms with Gasteiger partial charge in [-0.15, -0.1) is 0 Å². The molecule has 1 amide bonds. The number of imidazole rings is 1. The number of hydrogen-bond acceptors (Lipinski definition) is 3. The molecule has 5 nitrogen and oxygen atoms in total. The summed E-state index contributed by atoms with van der Waals surface area (Å²) in [7, 11) is 0. The van der Waals surface area contributed by atoms with E-state index in [0.29, 0.717) is 6.54 Å². The third-order valence-corrected chi connectivity index (χ3v) is 1.71. The standard InChI is InChI=1S/C7H9N3O2.Pd/c11-7-3-12-6(2-9-7)5-1-8-4-10-5;/h1,4,6H,2-3H2,(H2,8,9,10,11);/p-1. The van der Waals surface area contributed by atoms with Crippen molar-refractivity contribution in [1.82, 2.24) is 15.3 Å². The summed E-state index contributed by atoms with van der Waals surface area (Å²) in [4.78, 5) is 18.5. The number of amides is 1. The van der Waals surface area contributed by atoms with Crippen LogP contribution in [0.4, 0.5) is 0 Å². The van der Waals surface area contributed by atoms with Crippen LogP contribution >= 0.6 is 0 Å². The molecule has 0 spiro atoms. The zero-order valence-electron chi connectivity index (χ0n) is 6.67. The molecule has 6 heteroatoms. The maximum Gasteiger partial charge on any atom is 0.246 e. The van der Waals surface area contributed by atoms with Crippen LogP contribution in [-0.2, 0) is 30.0 Å². The first-order chi connectivity index (χ1) is 5.86. The molecular weight excluding hydrogens is 265 g/mol. The molecule has 0 saturated carbocycles. The molecule has 1 aliphatic rings. The number of ether oxygens (including phenoxy) is 1. The van der Waals surface area contributed by atoms with Gasteiger partial charge in [0, 0.05) is 27.0 Å². The van der Waals surface area contributed by atoms with Crippen LogP contribution in [0.2, 0.25) is 0 Å². The van der Waals surface area contributed by atoms with Gasteiger partial charge in [-0.25, -0.2) is 0 Å². The van der Waals surface area contributed by atoms with Gasteiger partial charge in [0.2, 0.25) is 5.91 Å². The second-order valence-corrected chi connectivity index (χ2v) is 2.55. The summed E-state index contributed by atoms with van der Waals surface area (Å²) in [5, 5.41) is 2.69. The van der Waals surface area contributed by atoms with Gasteiger partial charge >= 0.3 is 0 Å². The number of hydrogen-bond donors (Lipinski definition) is 1. The fourth-order valence-corrected chi connectivity index (χ4v) is 1.09. The first-order valence-electron chi connectivity index (χ1n) is 3.67. The number of aromatic nitrogens is 2. The summed E-state index contributed by atoms with van der Waals surface area (Å²) in [5.41, 5.74) is 0.773. The van der Waals surface area contributed by atoms with E-state index in [-0.39, 0.29) is 39.0 Å². The number of carbonyl (C=O) groups is 1. The number of rotatable bonds is 1. The zero-order valence-corrected chi connectivity index (χ0v) is 8.23. The topological polar surface area (TPSA) is 65.3 Å². The van der Waals surface area contributed by atoms with Gasteiger partial charge < -0.3 is 20.0 Å². The minimum atomic E-state index is -0.134. The van der Waals surface area contributed by atoms with Crippen LogP contribution in [0, 0.1) is 0 Å². The Labute approximate surface area is 88.9 Å². The van der Waals surface area contributed by atoms with E-state index in [1.165, 1.54) is 6.33 Å². The normalized spacial score (nSPS) is 21.8. The Bertz CT molecular complexity index is 265. The van der Waals surface area contributed by atoms with Gasteiger partial charge in [-0.3, -0.25) is 4.79 Å². The van der Waals surface area contributed by atoms with Gasteiger partial charge in [0.05, 0.1) is 6.10 Å². The van der Waals surface area contributed by atoms with Crippen LogP contribution in [0.25, 0.3) is 0 Å². The van der Waals surface area contributed by atoms with Crippen molar-refractivity contribution in [3.05, 3.63) is 18.2 Å². The molecule has 1 N–H and O–H groups in total. The van der Waals surface area contributed by atoms with Gasteiger partial charge in [0.25, 0.3) is 0 Å². The molecule has 1 aromatic rings. The third kappa shape index (κ3) is 2.37. The quantitative estimate of drug-likeness (QED) is 0.682. The van der Waals surface area contributed by atoms with Crippen molar-refractivity contribution in [2.24, 2.45) is 0 Å². The first-order valence-corrected chi connectivity index (χ1v) is 3.67.